The molecule has 1 aliphatic heterocycles. The molecular weight excluding hydrogens is 284 g/mol. The van der Waals surface area contributed by atoms with Gasteiger partial charge in [0, 0.05) is 0 Å². The topological polar surface area (TPSA) is 116 Å². The van der Waals surface area contributed by atoms with Crippen LogP contribution >= 0.6 is 11.6 Å². The Labute approximate surface area is 107 Å². The van der Waals surface area contributed by atoms with Gasteiger partial charge in [-0.1, -0.05) is 11.6 Å². The minimum atomic E-state index is -4.16. The number of carbonyl (C=O) groups is 1. The molecule has 0 unspecified atom stereocenters. The lowest BCUT2D eigenvalue weighted by Crippen LogP contribution is -2.24. The summed E-state index contributed by atoms with van der Waals surface area (Å²) < 4.78 is 26.9. The van der Waals surface area contributed by atoms with Gasteiger partial charge in [0.15, 0.2) is 4.90 Å². The first-order chi connectivity index (χ1) is 8.31. The summed E-state index contributed by atoms with van der Waals surface area (Å²) in [4.78, 5) is 10.1. The molecule has 0 bridgehead atoms. The van der Waals surface area contributed by atoms with Gasteiger partial charge in [-0.3, -0.25) is 4.79 Å². The van der Waals surface area contributed by atoms with Crippen molar-refractivity contribution in [2.45, 2.75) is 11.3 Å². The highest BCUT2D eigenvalue weighted by molar-refractivity contribution is 7.90. The molecule has 1 aromatic rings. The number of nitrogens with one attached hydrogen (secondary N) is 1. The summed E-state index contributed by atoms with van der Waals surface area (Å²) in [7, 11) is -4.16. The van der Waals surface area contributed by atoms with Gasteiger partial charge in [0.05, 0.1) is 10.7 Å². The number of phenols is 1. The minimum Gasteiger partial charge on any atom is -0.506 e. The normalized spacial score (nSPS) is 16.4. The second-order valence-corrected chi connectivity index (χ2v) is 5.43. The summed E-state index contributed by atoms with van der Waals surface area (Å²) in [5.41, 5.74) is -0.0667. The second-order valence-electron chi connectivity index (χ2n) is 3.48. The molecule has 0 radical (unpaired) electrons. The zero-order chi connectivity index (χ0) is 13.5. The van der Waals surface area contributed by atoms with Gasteiger partial charge < -0.3 is 15.5 Å². The van der Waals surface area contributed by atoms with Crippen LogP contribution in [0.5, 0.6) is 5.75 Å². The lowest BCUT2D eigenvalue weighted by Gasteiger charge is -2.19. The first kappa shape index (κ1) is 12.7. The molecule has 2 rings (SSSR count). The van der Waals surface area contributed by atoms with Gasteiger partial charge in [0.1, 0.15) is 18.0 Å². The maximum atomic E-state index is 11.8. The Balaban J connectivity index is 2.62. The number of anilines is 1. The van der Waals surface area contributed by atoms with E-state index in [1.165, 1.54) is 6.07 Å². The number of hydrogen-bond acceptors (Lipinski definition) is 5. The maximum absolute atomic E-state index is 11.8. The number of aromatic hydroxyl groups is 1. The molecule has 1 heterocycles. The van der Waals surface area contributed by atoms with Crippen LogP contribution < -0.4 is 5.32 Å². The van der Waals surface area contributed by atoms with E-state index in [9.17, 15) is 18.3 Å². The van der Waals surface area contributed by atoms with E-state index in [1.807, 2.05) is 0 Å². The van der Waals surface area contributed by atoms with Gasteiger partial charge in [-0.15, -0.1) is 4.40 Å². The molecule has 0 aromatic heterocycles. The van der Waals surface area contributed by atoms with Gasteiger partial charge >= 0.3 is 5.97 Å². The van der Waals surface area contributed by atoms with Crippen molar-refractivity contribution in [2.24, 2.45) is 4.40 Å². The summed E-state index contributed by atoms with van der Waals surface area (Å²) in [5, 5.41) is 20.7. The van der Waals surface area contributed by atoms with Crippen LogP contribution in [-0.4, -0.2) is 30.4 Å². The smallest absolute Gasteiger partial charge is 0.311 e. The van der Waals surface area contributed by atoms with Gasteiger partial charge in [-0.25, -0.2) is 0 Å². The molecule has 0 saturated heterocycles. The highest BCUT2D eigenvalue weighted by Crippen LogP contribution is 2.39. The number of carboxylic acid groups (broad SMARTS) is 1. The van der Waals surface area contributed by atoms with Gasteiger partial charge in [-0.2, -0.15) is 8.42 Å². The van der Waals surface area contributed by atoms with Crippen molar-refractivity contribution in [3.63, 3.8) is 0 Å². The molecule has 96 valence electrons. The van der Waals surface area contributed by atoms with E-state index >= 15 is 0 Å². The average Bonchev–Trinajstić information content (AvgIpc) is 2.20. The number of sulfonamides is 1. The molecule has 0 aliphatic carbocycles. The molecule has 0 saturated carbocycles. The highest BCUT2D eigenvalue weighted by Gasteiger charge is 2.30. The summed E-state index contributed by atoms with van der Waals surface area (Å²) in [5.74, 6) is -2.00. The molecule has 7 nitrogen and oxygen atoms in total. The number of carboxylic acids is 1. The zero-order valence-electron chi connectivity index (χ0n) is 8.71. The minimum absolute atomic E-state index is 0.0455. The third kappa shape index (κ3) is 2.12. The predicted octanol–water partition coefficient (Wildman–Crippen LogP) is 1.03. The molecule has 18 heavy (non-hydrogen) atoms. The largest absolute Gasteiger partial charge is 0.506 e. The molecule has 0 fully saturated rings. The first-order valence-corrected chi connectivity index (χ1v) is 6.47. The number of amidine groups is 1. The highest BCUT2D eigenvalue weighted by atomic mass is 35.5. The molecule has 0 atom stereocenters. The summed E-state index contributed by atoms with van der Waals surface area (Å²) in [6.45, 7) is 0. The number of benzene rings is 1. The summed E-state index contributed by atoms with van der Waals surface area (Å²) in [6.07, 6.45) is -0.593. The van der Waals surface area contributed by atoms with Crippen molar-refractivity contribution in [1.29, 1.82) is 0 Å². The standard InChI is InChI=1S/C9H7ClN2O5S/c10-4-1-2-5(13)9-8(4)11-6(3-7(14)15)12-18(9,16)17/h1-2,13H,3H2,(H,11,12)(H,14,15). The Kier molecular flexibility index (Phi) is 2.91. The number of aliphatic carboxylic acids is 1. The fourth-order valence-electron chi connectivity index (χ4n) is 1.50. The van der Waals surface area contributed by atoms with Crippen LogP contribution in [0.1, 0.15) is 6.42 Å². The predicted molar refractivity (Wildman–Crippen MR) is 63.6 cm³/mol. The zero-order valence-corrected chi connectivity index (χ0v) is 10.3. The number of phenolic OH excluding ortho intramolecular Hbond substituents is 1. The second kappa shape index (κ2) is 4.14. The van der Waals surface area contributed by atoms with E-state index in [4.69, 9.17) is 16.7 Å². The van der Waals surface area contributed by atoms with E-state index in [0.717, 1.165) is 6.07 Å². The van der Waals surface area contributed by atoms with Gasteiger partial charge in [0.25, 0.3) is 10.0 Å². The van der Waals surface area contributed by atoms with Crippen molar-refractivity contribution in [3.8, 4) is 5.75 Å². The molecule has 0 amide bonds. The molecule has 9 heteroatoms. The number of hydrogen-bond donors (Lipinski definition) is 3. The number of fused-ring (bicyclic) bond motifs is 1. The van der Waals surface area contributed by atoms with Crippen LogP contribution in [0.25, 0.3) is 0 Å². The SMILES string of the molecule is O=C(O)CC1=NS(=O)(=O)c2c(O)ccc(Cl)c2N1. The molecule has 1 aliphatic rings. The first-order valence-electron chi connectivity index (χ1n) is 4.65. The lowest BCUT2D eigenvalue weighted by atomic mass is 10.2. The third-order valence-electron chi connectivity index (χ3n) is 2.16. The Morgan fingerprint density at radius 3 is 2.72 bits per heavy atom. The van der Waals surface area contributed by atoms with Crippen LogP contribution in [-0.2, 0) is 14.8 Å². The Morgan fingerprint density at radius 1 is 1.44 bits per heavy atom. The molecule has 1 aromatic carbocycles. The maximum Gasteiger partial charge on any atom is 0.311 e. The number of halogens is 1. The average molecular weight is 291 g/mol. The van der Waals surface area contributed by atoms with Crippen molar-refractivity contribution in [1.82, 2.24) is 0 Å². The fourth-order valence-corrected chi connectivity index (χ4v) is 3.01. The van der Waals surface area contributed by atoms with E-state index in [0.29, 0.717) is 0 Å². The van der Waals surface area contributed by atoms with Crippen LogP contribution in [0.2, 0.25) is 5.02 Å². The Bertz CT molecular complexity index is 668. The van der Waals surface area contributed by atoms with Crippen molar-refractivity contribution in [3.05, 3.63) is 17.2 Å². The van der Waals surface area contributed by atoms with Crippen molar-refractivity contribution in [2.75, 3.05) is 5.32 Å². The van der Waals surface area contributed by atoms with Crippen LogP contribution in [0.15, 0.2) is 21.4 Å². The van der Waals surface area contributed by atoms with E-state index in [1.54, 1.807) is 0 Å². The van der Waals surface area contributed by atoms with Crippen LogP contribution in [0.3, 0.4) is 0 Å². The summed E-state index contributed by atoms with van der Waals surface area (Å²) in [6, 6.07) is 2.42. The van der Waals surface area contributed by atoms with E-state index in [-0.39, 0.29) is 16.5 Å². The van der Waals surface area contributed by atoms with Crippen molar-refractivity contribution >= 4 is 39.1 Å². The van der Waals surface area contributed by atoms with Crippen LogP contribution in [0, 0.1) is 0 Å². The molecular formula is C9H7ClN2O5S. The number of rotatable bonds is 2. The quantitative estimate of drug-likeness (QED) is 0.749. The number of nitrogens with zero attached hydrogens (tertiary/aromatic N) is 1. The Morgan fingerprint density at radius 2 is 2.11 bits per heavy atom. The molecule has 0 spiro atoms. The molecule has 3 N–H and O–H groups in total. The third-order valence-corrected chi connectivity index (χ3v) is 3.87. The Hall–Kier alpha value is -1.80. The van der Waals surface area contributed by atoms with Crippen molar-refractivity contribution < 1.29 is 23.4 Å². The van der Waals surface area contributed by atoms with Crippen LogP contribution in [0.4, 0.5) is 5.69 Å². The van der Waals surface area contributed by atoms with E-state index in [2.05, 4.69) is 9.71 Å². The van der Waals surface area contributed by atoms with E-state index < -0.39 is 33.1 Å². The fraction of sp³-hybridized carbons (Fsp3) is 0.111. The summed E-state index contributed by atoms with van der Waals surface area (Å²) >= 11 is 5.80. The monoisotopic (exact) mass is 290 g/mol. The lowest BCUT2D eigenvalue weighted by molar-refractivity contribution is -0.135. The van der Waals surface area contributed by atoms with Gasteiger partial charge in [-0.05, 0) is 12.1 Å². The van der Waals surface area contributed by atoms with Gasteiger partial charge in [0.2, 0.25) is 0 Å².